The highest BCUT2D eigenvalue weighted by atomic mass is 35.5. The lowest BCUT2D eigenvalue weighted by Gasteiger charge is -2.23. The van der Waals surface area contributed by atoms with Crippen molar-refractivity contribution in [3.8, 4) is 17.2 Å². The van der Waals surface area contributed by atoms with Gasteiger partial charge >= 0.3 is 0 Å². The zero-order valence-electron chi connectivity index (χ0n) is 20.2. The normalized spacial score (nSPS) is 17.5. The second kappa shape index (κ2) is 10.9. The zero-order chi connectivity index (χ0) is 25.9. The Kier molecular flexibility index (Phi) is 7.93. The van der Waals surface area contributed by atoms with Crippen molar-refractivity contribution in [3.05, 3.63) is 47.3 Å². The van der Waals surface area contributed by atoms with Gasteiger partial charge in [-0.15, -0.1) is 10.2 Å². The molecule has 4 rings (SSSR count). The lowest BCUT2D eigenvalue weighted by Crippen LogP contribution is -2.33. The van der Waals surface area contributed by atoms with Gasteiger partial charge in [0, 0.05) is 26.1 Å². The van der Waals surface area contributed by atoms with Gasteiger partial charge in [-0.25, -0.2) is 18.4 Å². The molecule has 0 unspecified atom stereocenters. The first-order valence-corrected chi connectivity index (χ1v) is 13.0. The highest BCUT2D eigenvalue weighted by Crippen LogP contribution is 2.39. The van der Waals surface area contributed by atoms with Gasteiger partial charge < -0.3 is 18.9 Å². The SMILES string of the molecule is COc1cccc(OC)c1-n1c(NS(=O)(=O)[C@@H](C)[C@H](OC)c2ncc(Cl)cn2)nnc1[C@@H]1CCCO1. The molecular weight excluding hydrogens is 512 g/mol. The standard InChI is InChI=1S/C22H27ClN6O6S/c1-13(19(34-4)20-24-11-14(23)12-25-20)36(30,31)28-22-27-26-21(17-9-6-10-35-17)29(22)18-15(32-2)7-5-8-16(18)33-3/h5,7-8,11-13,17,19H,6,9-10H2,1-4H3,(H,27,28)/t13-,17-,19-/m0/s1. The molecule has 3 atom stereocenters. The maximum absolute atomic E-state index is 13.5. The van der Waals surface area contributed by atoms with Gasteiger partial charge in [0.05, 0.1) is 19.2 Å². The molecule has 0 saturated carbocycles. The van der Waals surface area contributed by atoms with E-state index in [4.69, 9.17) is 30.5 Å². The summed E-state index contributed by atoms with van der Waals surface area (Å²) < 4.78 is 53.6. The van der Waals surface area contributed by atoms with Crippen molar-refractivity contribution in [2.24, 2.45) is 0 Å². The second-order valence-electron chi connectivity index (χ2n) is 8.00. The maximum atomic E-state index is 13.5. The largest absolute Gasteiger partial charge is 0.494 e. The van der Waals surface area contributed by atoms with Crippen LogP contribution in [0.25, 0.3) is 5.69 Å². The number of hydrogen-bond acceptors (Lipinski definition) is 10. The molecule has 1 saturated heterocycles. The van der Waals surface area contributed by atoms with E-state index in [1.165, 1.54) is 40.6 Å². The summed E-state index contributed by atoms with van der Waals surface area (Å²) in [6.07, 6.45) is 2.95. The fourth-order valence-electron chi connectivity index (χ4n) is 3.98. The predicted octanol–water partition coefficient (Wildman–Crippen LogP) is 3.10. The number of benzene rings is 1. The number of sulfonamides is 1. The summed E-state index contributed by atoms with van der Waals surface area (Å²) in [4.78, 5) is 8.23. The summed E-state index contributed by atoms with van der Waals surface area (Å²) in [5.41, 5.74) is 0.438. The average Bonchev–Trinajstić information content (AvgIpc) is 3.54. The lowest BCUT2D eigenvalue weighted by atomic mass is 10.2. The summed E-state index contributed by atoms with van der Waals surface area (Å²) in [6, 6.07) is 5.23. The summed E-state index contributed by atoms with van der Waals surface area (Å²) in [5, 5.41) is 7.66. The van der Waals surface area contributed by atoms with Crippen molar-refractivity contribution in [3.63, 3.8) is 0 Å². The molecule has 0 amide bonds. The van der Waals surface area contributed by atoms with Crippen LogP contribution in [0.1, 0.15) is 43.6 Å². The maximum Gasteiger partial charge on any atom is 0.243 e. The van der Waals surface area contributed by atoms with Crippen molar-refractivity contribution in [1.29, 1.82) is 0 Å². The van der Waals surface area contributed by atoms with E-state index in [9.17, 15) is 8.42 Å². The summed E-state index contributed by atoms with van der Waals surface area (Å²) in [6.45, 7) is 2.05. The smallest absolute Gasteiger partial charge is 0.243 e. The molecule has 1 aliphatic rings. The minimum atomic E-state index is -4.10. The summed E-state index contributed by atoms with van der Waals surface area (Å²) in [5.74, 6) is 1.41. The van der Waals surface area contributed by atoms with Crippen molar-refractivity contribution < 1.29 is 27.4 Å². The number of ether oxygens (including phenoxy) is 4. The monoisotopic (exact) mass is 538 g/mol. The Morgan fingerprint density at radius 3 is 2.36 bits per heavy atom. The van der Waals surface area contributed by atoms with Crippen molar-refractivity contribution in [2.75, 3.05) is 32.7 Å². The third kappa shape index (κ3) is 5.09. The molecule has 0 radical (unpaired) electrons. The Morgan fingerprint density at radius 2 is 1.81 bits per heavy atom. The third-order valence-electron chi connectivity index (χ3n) is 5.83. The van der Waals surface area contributed by atoms with Crippen LogP contribution in [0, 0.1) is 0 Å². The van der Waals surface area contributed by atoms with Crippen LogP contribution < -0.4 is 14.2 Å². The van der Waals surface area contributed by atoms with Gasteiger partial charge in [-0.2, -0.15) is 0 Å². The molecular formula is C22H27ClN6O6S. The van der Waals surface area contributed by atoms with Crippen molar-refractivity contribution in [1.82, 2.24) is 24.7 Å². The number of para-hydroxylation sites is 1. The Labute approximate surface area is 214 Å². The van der Waals surface area contributed by atoms with Crippen LogP contribution >= 0.6 is 11.6 Å². The Morgan fingerprint density at radius 1 is 1.14 bits per heavy atom. The number of nitrogens with one attached hydrogen (secondary N) is 1. The van der Waals surface area contributed by atoms with E-state index in [2.05, 4.69) is 24.9 Å². The molecule has 1 aromatic carbocycles. The van der Waals surface area contributed by atoms with E-state index in [1.54, 1.807) is 22.8 Å². The third-order valence-corrected chi connectivity index (χ3v) is 7.72. The van der Waals surface area contributed by atoms with E-state index in [0.717, 1.165) is 6.42 Å². The summed E-state index contributed by atoms with van der Waals surface area (Å²) >= 11 is 5.87. The molecule has 1 N–H and O–H groups in total. The van der Waals surface area contributed by atoms with E-state index in [-0.39, 0.29) is 17.9 Å². The summed E-state index contributed by atoms with van der Waals surface area (Å²) in [7, 11) is 0.304. The zero-order valence-corrected chi connectivity index (χ0v) is 21.8. The Bertz CT molecular complexity index is 1270. The number of nitrogens with zero attached hydrogens (tertiary/aromatic N) is 5. The van der Waals surface area contributed by atoms with Gasteiger partial charge in [0.1, 0.15) is 34.6 Å². The molecule has 3 heterocycles. The minimum absolute atomic E-state index is 0.0537. The topological polar surface area (TPSA) is 140 Å². The number of hydrogen-bond donors (Lipinski definition) is 1. The van der Waals surface area contributed by atoms with Crippen LogP contribution in [0.5, 0.6) is 11.5 Å². The fraction of sp³-hybridized carbons (Fsp3) is 0.455. The van der Waals surface area contributed by atoms with Gasteiger partial charge in [0.2, 0.25) is 16.0 Å². The molecule has 12 nitrogen and oxygen atoms in total. The van der Waals surface area contributed by atoms with Gasteiger partial charge in [0.25, 0.3) is 0 Å². The van der Waals surface area contributed by atoms with Gasteiger partial charge in [0.15, 0.2) is 11.6 Å². The average molecular weight is 539 g/mol. The predicted molar refractivity (Wildman–Crippen MR) is 131 cm³/mol. The fourth-order valence-corrected chi connectivity index (χ4v) is 5.21. The first-order valence-electron chi connectivity index (χ1n) is 11.1. The second-order valence-corrected chi connectivity index (χ2v) is 10.5. The van der Waals surface area contributed by atoms with Gasteiger partial charge in [-0.3, -0.25) is 9.29 Å². The van der Waals surface area contributed by atoms with Crippen LogP contribution in [-0.2, 0) is 19.5 Å². The van der Waals surface area contributed by atoms with E-state index < -0.39 is 21.4 Å². The molecule has 1 fully saturated rings. The molecule has 0 bridgehead atoms. The van der Waals surface area contributed by atoms with Crippen LogP contribution in [0.4, 0.5) is 5.95 Å². The number of aromatic nitrogens is 5. The number of methoxy groups -OCH3 is 3. The van der Waals surface area contributed by atoms with Gasteiger partial charge in [-0.05, 0) is 31.9 Å². The lowest BCUT2D eigenvalue weighted by molar-refractivity contribution is 0.0950. The number of rotatable bonds is 10. The first kappa shape index (κ1) is 26.1. The van der Waals surface area contributed by atoms with Crippen LogP contribution in [-0.4, -0.2) is 66.3 Å². The molecule has 0 aliphatic carbocycles. The number of anilines is 1. The van der Waals surface area contributed by atoms with Crippen LogP contribution in [0.3, 0.4) is 0 Å². The van der Waals surface area contributed by atoms with Crippen molar-refractivity contribution in [2.45, 2.75) is 37.2 Å². The highest BCUT2D eigenvalue weighted by molar-refractivity contribution is 7.93. The molecule has 1 aliphatic heterocycles. The van der Waals surface area contributed by atoms with Crippen LogP contribution in [0.2, 0.25) is 5.02 Å². The first-order chi connectivity index (χ1) is 17.3. The molecule has 14 heteroatoms. The number of halogens is 1. The molecule has 0 spiro atoms. The Balaban J connectivity index is 1.77. The van der Waals surface area contributed by atoms with E-state index in [0.29, 0.717) is 41.1 Å². The molecule has 3 aromatic rings. The quantitative estimate of drug-likeness (QED) is 0.409. The van der Waals surface area contributed by atoms with Crippen LogP contribution in [0.15, 0.2) is 30.6 Å². The molecule has 36 heavy (non-hydrogen) atoms. The minimum Gasteiger partial charge on any atom is -0.494 e. The Hall–Kier alpha value is -3.00. The van der Waals surface area contributed by atoms with Crippen molar-refractivity contribution >= 4 is 27.6 Å². The van der Waals surface area contributed by atoms with E-state index in [1.807, 2.05) is 0 Å². The molecule has 2 aromatic heterocycles. The van der Waals surface area contributed by atoms with E-state index >= 15 is 0 Å². The van der Waals surface area contributed by atoms with Gasteiger partial charge in [-0.1, -0.05) is 17.7 Å². The molecule has 194 valence electrons. The highest BCUT2D eigenvalue weighted by Gasteiger charge is 2.36.